The van der Waals surface area contributed by atoms with Gasteiger partial charge >= 0.3 is 0 Å². The van der Waals surface area contributed by atoms with Gasteiger partial charge in [-0.3, -0.25) is 14.9 Å². The molecule has 0 saturated carbocycles. The number of amides is 1. The van der Waals surface area contributed by atoms with Crippen LogP contribution in [0.5, 0.6) is 0 Å². The first-order chi connectivity index (χ1) is 11.8. The Hall–Kier alpha value is -2.73. The van der Waals surface area contributed by atoms with Crippen LogP contribution in [0.1, 0.15) is 29.7 Å². The Morgan fingerprint density at radius 1 is 1.24 bits per heavy atom. The monoisotopic (exact) mass is 342 g/mol. The maximum Gasteiger partial charge on any atom is 0.279 e. The molecule has 0 spiro atoms. The van der Waals surface area contributed by atoms with E-state index in [1.165, 1.54) is 6.07 Å². The van der Waals surface area contributed by atoms with Crippen LogP contribution in [0, 0.1) is 24.0 Å². The van der Waals surface area contributed by atoms with Crippen LogP contribution < -0.4 is 10.2 Å². The van der Waals surface area contributed by atoms with E-state index in [1.54, 1.807) is 12.1 Å². The molecular weight excluding hydrogens is 318 g/mol. The van der Waals surface area contributed by atoms with E-state index >= 15 is 0 Å². The van der Waals surface area contributed by atoms with Gasteiger partial charge in [0.25, 0.3) is 11.6 Å². The Balaban J connectivity index is 2.04. The number of hydrogen-bond acceptors (Lipinski definition) is 3. The summed E-state index contributed by atoms with van der Waals surface area (Å²) in [4.78, 5) is 23.8. The fourth-order valence-corrected chi connectivity index (χ4v) is 2.68. The molecule has 6 nitrogen and oxygen atoms in total. The Morgan fingerprint density at radius 2 is 1.92 bits per heavy atom. The molecule has 1 amide bonds. The Bertz CT molecular complexity index is 789. The van der Waals surface area contributed by atoms with Crippen LogP contribution in [0.25, 0.3) is 0 Å². The van der Waals surface area contributed by atoms with Crippen LogP contribution in [-0.4, -0.2) is 24.4 Å². The number of non-ortho nitro benzene ring substituents is 1. The molecule has 6 heteroatoms. The number of likely N-dealkylation sites (N-methyl/N-ethyl adjacent to an activating group) is 1. The summed E-state index contributed by atoms with van der Waals surface area (Å²) in [5, 5.41) is 13.9. The average molecular weight is 342 g/mol. The highest BCUT2D eigenvalue weighted by Crippen LogP contribution is 2.18. The molecule has 0 saturated heterocycles. The van der Waals surface area contributed by atoms with Crippen molar-refractivity contribution in [1.29, 1.82) is 0 Å². The second kappa shape index (κ2) is 7.90. The summed E-state index contributed by atoms with van der Waals surface area (Å²) in [5.74, 6) is -0.0801. The minimum Gasteiger partial charge on any atom is -0.324 e. The first kappa shape index (κ1) is 18.6. The molecule has 0 aliphatic heterocycles. The zero-order valence-electron chi connectivity index (χ0n) is 15.0. The zero-order valence-corrected chi connectivity index (χ0v) is 15.0. The minimum atomic E-state index is -0.404. The van der Waals surface area contributed by atoms with Crippen molar-refractivity contribution >= 4 is 17.3 Å². The number of aryl methyl sites for hydroxylation is 1. The summed E-state index contributed by atoms with van der Waals surface area (Å²) in [6.07, 6.45) is 0. The molecule has 0 aromatic heterocycles. The molecular formula is C19H24N3O3+. The molecule has 0 aliphatic rings. The lowest BCUT2D eigenvalue weighted by atomic mass is 10.1. The molecule has 2 atom stereocenters. The molecule has 0 aliphatic carbocycles. The highest BCUT2D eigenvalue weighted by molar-refractivity contribution is 5.92. The van der Waals surface area contributed by atoms with E-state index in [1.807, 2.05) is 52.1 Å². The molecule has 1 unspecified atom stereocenters. The molecule has 0 radical (unpaired) electrons. The summed E-state index contributed by atoms with van der Waals surface area (Å²) in [7, 11) is 1.91. The molecule has 25 heavy (non-hydrogen) atoms. The number of quaternary nitrogens is 1. The summed E-state index contributed by atoms with van der Waals surface area (Å²) in [6, 6.07) is 12.3. The van der Waals surface area contributed by atoms with Crippen LogP contribution in [0.15, 0.2) is 42.5 Å². The Kier molecular flexibility index (Phi) is 5.88. The summed E-state index contributed by atoms with van der Waals surface area (Å²) in [5.41, 5.74) is 3.91. The van der Waals surface area contributed by atoms with Crippen molar-refractivity contribution in [2.45, 2.75) is 26.8 Å². The van der Waals surface area contributed by atoms with E-state index in [0.29, 0.717) is 0 Å². The molecule has 2 rings (SSSR count). The SMILES string of the molecule is Cc1cccc(NC(=O)C[NH+](C)[C@H](C)c2cccc([N+](=O)[O-])c2)c1C. The van der Waals surface area contributed by atoms with E-state index in [4.69, 9.17) is 0 Å². The van der Waals surface area contributed by atoms with Crippen molar-refractivity contribution in [3.05, 3.63) is 69.3 Å². The lowest BCUT2D eigenvalue weighted by molar-refractivity contribution is -0.902. The number of nitrogens with zero attached hydrogens (tertiary/aromatic N) is 1. The molecule has 2 N–H and O–H groups in total. The predicted molar refractivity (Wildman–Crippen MR) is 97.8 cm³/mol. The summed E-state index contributed by atoms with van der Waals surface area (Å²) >= 11 is 0. The smallest absolute Gasteiger partial charge is 0.279 e. The number of nitro groups is 1. The van der Waals surface area contributed by atoms with Gasteiger partial charge in [0.05, 0.1) is 12.0 Å². The van der Waals surface area contributed by atoms with Crippen molar-refractivity contribution in [1.82, 2.24) is 0 Å². The number of carbonyl (C=O) groups is 1. The number of nitrogens with one attached hydrogen (secondary N) is 2. The Labute approximate surface area is 147 Å². The number of rotatable bonds is 6. The minimum absolute atomic E-state index is 0.0377. The fraction of sp³-hybridized carbons (Fsp3) is 0.316. The van der Waals surface area contributed by atoms with E-state index in [0.717, 1.165) is 27.3 Å². The molecule has 0 fully saturated rings. The largest absolute Gasteiger partial charge is 0.324 e. The number of hydrogen-bond donors (Lipinski definition) is 2. The third-order valence-electron chi connectivity index (χ3n) is 4.64. The number of anilines is 1. The third kappa shape index (κ3) is 4.64. The fourth-order valence-electron chi connectivity index (χ4n) is 2.68. The first-order valence-electron chi connectivity index (χ1n) is 8.22. The topological polar surface area (TPSA) is 76.7 Å². The molecule has 2 aromatic carbocycles. The second-order valence-electron chi connectivity index (χ2n) is 6.39. The van der Waals surface area contributed by atoms with Gasteiger partial charge in [0, 0.05) is 23.4 Å². The van der Waals surface area contributed by atoms with Gasteiger partial charge in [-0.25, -0.2) is 0 Å². The van der Waals surface area contributed by atoms with Gasteiger partial charge in [-0.1, -0.05) is 24.3 Å². The van der Waals surface area contributed by atoms with Gasteiger partial charge < -0.3 is 10.2 Å². The molecule has 0 heterocycles. The van der Waals surface area contributed by atoms with Crippen LogP contribution in [0.3, 0.4) is 0 Å². The van der Waals surface area contributed by atoms with Crippen LogP contribution in [0.2, 0.25) is 0 Å². The van der Waals surface area contributed by atoms with Crippen LogP contribution in [0.4, 0.5) is 11.4 Å². The van der Waals surface area contributed by atoms with Gasteiger partial charge in [0.1, 0.15) is 6.04 Å². The number of nitro benzene ring substituents is 1. The summed E-state index contributed by atoms with van der Waals surface area (Å²) in [6.45, 7) is 6.22. The predicted octanol–water partition coefficient (Wildman–Crippen LogP) is 2.43. The second-order valence-corrected chi connectivity index (χ2v) is 6.39. The first-order valence-corrected chi connectivity index (χ1v) is 8.22. The van der Waals surface area contributed by atoms with Crippen LogP contribution in [-0.2, 0) is 4.79 Å². The number of carbonyl (C=O) groups excluding carboxylic acids is 1. The maximum atomic E-state index is 12.4. The van der Waals surface area contributed by atoms with Gasteiger partial charge in [-0.15, -0.1) is 0 Å². The van der Waals surface area contributed by atoms with Crippen molar-refractivity contribution in [3.8, 4) is 0 Å². The summed E-state index contributed by atoms with van der Waals surface area (Å²) < 4.78 is 0. The zero-order chi connectivity index (χ0) is 18.6. The lowest BCUT2D eigenvalue weighted by Crippen LogP contribution is -3.10. The van der Waals surface area contributed by atoms with E-state index in [9.17, 15) is 14.9 Å². The quantitative estimate of drug-likeness (QED) is 0.625. The van der Waals surface area contributed by atoms with Crippen LogP contribution >= 0.6 is 0 Å². The molecule has 0 bridgehead atoms. The Morgan fingerprint density at radius 3 is 2.60 bits per heavy atom. The molecule has 2 aromatic rings. The average Bonchev–Trinajstić information content (AvgIpc) is 2.58. The van der Waals surface area contributed by atoms with E-state index in [-0.39, 0.29) is 24.2 Å². The van der Waals surface area contributed by atoms with Crippen molar-refractivity contribution in [2.75, 3.05) is 18.9 Å². The van der Waals surface area contributed by atoms with Gasteiger partial charge in [0.15, 0.2) is 6.54 Å². The molecule has 132 valence electrons. The van der Waals surface area contributed by atoms with Crippen molar-refractivity contribution in [3.63, 3.8) is 0 Å². The van der Waals surface area contributed by atoms with Crippen molar-refractivity contribution < 1.29 is 14.6 Å². The third-order valence-corrected chi connectivity index (χ3v) is 4.64. The lowest BCUT2D eigenvalue weighted by Gasteiger charge is -2.21. The van der Waals surface area contributed by atoms with E-state index < -0.39 is 4.92 Å². The maximum absolute atomic E-state index is 12.4. The van der Waals surface area contributed by atoms with Crippen molar-refractivity contribution in [2.24, 2.45) is 0 Å². The van der Waals surface area contributed by atoms with Gasteiger partial charge in [-0.05, 0) is 38.0 Å². The van der Waals surface area contributed by atoms with Gasteiger partial charge in [-0.2, -0.15) is 0 Å². The van der Waals surface area contributed by atoms with E-state index in [2.05, 4.69) is 5.32 Å². The highest BCUT2D eigenvalue weighted by Gasteiger charge is 2.20. The standard InChI is InChI=1S/C19H23N3O3/c1-13-7-5-10-18(14(13)2)20-19(23)12-21(4)15(3)16-8-6-9-17(11-16)22(24)25/h5-11,15H,12H2,1-4H3,(H,20,23)/p+1/t15-/m1/s1. The van der Waals surface area contributed by atoms with Gasteiger partial charge in [0.2, 0.25) is 0 Å². The normalized spacial score (nSPS) is 13.1. The highest BCUT2D eigenvalue weighted by atomic mass is 16.6. The number of benzene rings is 2.